The van der Waals surface area contributed by atoms with E-state index in [-0.39, 0.29) is 0 Å². The first kappa shape index (κ1) is 15.9. The lowest BCUT2D eigenvalue weighted by Gasteiger charge is -2.05. The molecule has 3 heteroatoms. The van der Waals surface area contributed by atoms with E-state index in [0.717, 1.165) is 23.6 Å². The van der Waals surface area contributed by atoms with Gasteiger partial charge in [-0.2, -0.15) is 10.2 Å². The molecule has 1 N–H and O–H groups in total. The molecular weight excluding hydrogens is 294 g/mol. The molecule has 3 nitrogen and oxygen atoms in total. The molecular formula is C21H21N3. The number of azo groups is 1. The second-order valence-corrected chi connectivity index (χ2v) is 5.69. The zero-order chi connectivity index (χ0) is 16.8. The summed E-state index contributed by atoms with van der Waals surface area (Å²) in [6.07, 6.45) is 0. The lowest BCUT2D eigenvalue weighted by atomic mass is 10.1. The van der Waals surface area contributed by atoms with Gasteiger partial charge in [-0.3, -0.25) is 0 Å². The molecule has 24 heavy (non-hydrogen) atoms. The van der Waals surface area contributed by atoms with Gasteiger partial charge in [0.1, 0.15) is 0 Å². The van der Waals surface area contributed by atoms with Crippen LogP contribution in [-0.2, 0) is 0 Å². The average Bonchev–Trinajstić information content (AvgIpc) is 2.63. The number of anilines is 1. The zero-order valence-corrected chi connectivity index (χ0v) is 14.0. The molecule has 0 aromatic heterocycles. The third kappa shape index (κ3) is 4.07. The van der Waals surface area contributed by atoms with E-state index < -0.39 is 0 Å². The Labute approximate surface area is 143 Å². The third-order valence-corrected chi connectivity index (χ3v) is 3.78. The van der Waals surface area contributed by atoms with Gasteiger partial charge in [0.15, 0.2) is 0 Å². The second kappa shape index (κ2) is 7.55. The summed E-state index contributed by atoms with van der Waals surface area (Å²) in [5, 5.41) is 11.9. The Balaban J connectivity index is 1.71. The van der Waals surface area contributed by atoms with Crippen LogP contribution in [0.3, 0.4) is 0 Å². The van der Waals surface area contributed by atoms with E-state index in [4.69, 9.17) is 0 Å². The van der Waals surface area contributed by atoms with Crippen LogP contribution < -0.4 is 5.32 Å². The van der Waals surface area contributed by atoms with Crippen molar-refractivity contribution in [2.45, 2.75) is 13.8 Å². The Morgan fingerprint density at radius 1 is 0.667 bits per heavy atom. The van der Waals surface area contributed by atoms with Crippen LogP contribution >= 0.6 is 0 Å². The molecule has 0 radical (unpaired) electrons. The number of hydrogen-bond donors (Lipinski definition) is 1. The first-order valence-electron chi connectivity index (χ1n) is 8.17. The molecule has 0 atom stereocenters. The molecule has 0 bridgehead atoms. The summed E-state index contributed by atoms with van der Waals surface area (Å²) in [6, 6.07) is 24.6. The Morgan fingerprint density at radius 3 is 1.62 bits per heavy atom. The molecule has 3 rings (SSSR count). The number of nitrogens with zero attached hydrogens (tertiary/aromatic N) is 2. The lowest BCUT2D eigenvalue weighted by Crippen LogP contribution is -1.95. The Morgan fingerprint density at radius 2 is 1.12 bits per heavy atom. The van der Waals surface area contributed by atoms with Gasteiger partial charge in [0, 0.05) is 12.2 Å². The number of aryl methyl sites for hydroxylation is 1. The molecule has 0 unspecified atom stereocenters. The van der Waals surface area contributed by atoms with E-state index in [9.17, 15) is 0 Å². The van der Waals surface area contributed by atoms with Gasteiger partial charge in [-0.05, 0) is 61.4 Å². The molecule has 3 aromatic rings. The van der Waals surface area contributed by atoms with E-state index in [0.29, 0.717) is 0 Å². The number of hydrogen-bond acceptors (Lipinski definition) is 3. The largest absolute Gasteiger partial charge is 0.385 e. The number of nitrogens with one attached hydrogen (secondary N) is 1. The SMILES string of the molecule is CCNc1ccc(-c2ccc(N=Nc3ccc(C)cc3)cc2)cc1. The first-order chi connectivity index (χ1) is 11.7. The standard InChI is InChI=1S/C21H21N3/c1-3-22-19-12-6-17(7-13-19)18-8-14-21(15-9-18)24-23-20-10-4-16(2)5-11-20/h4-15,22H,3H2,1-2H3. The highest BCUT2D eigenvalue weighted by Gasteiger charge is 1.99. The fraction of sp³-hybridized carbons (Fsp3) is 0.143. The van der Waals surface area contributed by atoms with Crippen molar-refractivity contribution in [1.29, 1.82) is 0 Å². The maximum atomic E-state index is 4.29. The maximum Gasteiger partial charge on any atom is 0.0857 e. The molecule has 0 amide bonds. The second-order valence-electron chi connectivity index (χ2n) is 5.69. The molecule has 3 aromatic carbocycles. The van der Waals surface area contributed by atoms with Crippen LogP contribution in [0.5, 0.6) is 0 Å². The topological polar surface area (TPSA) is 36.8 Å². The van der Waals surface area contributed by atoms with Gasteiger partial charge in [0.05, 0.1) is 11.4 Å². The number of rotatable bonds is 5. The third-order valence-electron chi connectivity index (χ3n) is 3.78. The quantitative estimate of drug-likeness (QED) is 0.535. The maximum absolute atomic E-state index is 4.29. The average molecular weight is 315 g/mol. The van der Waals surface area contributed by atoms with Crippen LogP contribution in [0.25, 0.3) is 11.1 Å². The highest BCUT2D eigenvalue weighted by atomic mass is 15.1. The highest BCUT2D eigenvalue weighted by molar-refractivity contribution is 5.67. The predicted molar refractivity (Wildman–Crippen MR) is 101 cm³/mol. The summed E-state index contributed by atoms with van der Waals surface area (Å²) >= 11 is 0. The molecule has 0 heterocycles. The summed E-state index contributed by atoms with van der Waals surface area (Å²) in [5.74, 6) is 0. The summed E-state index contributed by atoms with van der Waals surface area (Å²) in [6.45, 7) is 5.09. The van der Waals surface area contributed by atoms with Gasteiger partial charge in [0.25, 0.3) is 0 Å². The fourth-order valence-electron chi connectivity index (χ4n) is 2.43. The minimum atomic E-state index is 0.851. The van der Waals surface area contributed by atoms with Gasteiger partial charge in [0.2, 0.25) is 0 Å². The smallest absolute Gasteiger partial charge is 0.0857 e. The van der Waals surface area contributed by atoms with Gasteiger partial charge < -0.3 is 5.32 Å². The van der Waals surface area contributed by atoms with Crippen LogP contribution in [0, 0.1) is 6.92 Å². The molecule has 0 spiro atoms. The van der Waals surface area contributed by atoms with Gasteiger partial charge >= 0.3 is 0 Å². The van der Waals surface area contributed by atoms with Crippen molar-refractivity contribution in [1.82, 2.24) is 0 Å². The van der Waals surface area contributed by atoms with E-state index in [2.05, 4.69) is 65.8 Å². The summed E-state index contributed by atoms with van der Waals surface area (Å²) < 4.78 is 0. The summed E-state index contributed by atoms with van der Waals surface area (Å²) in [7, 11) is 0. The van der Waals surface area contributed by atoms with Crippen LogP contribution in [-0.4, -0.2) is 6.54 Å². The van der Waals surface area contributed by atoms with Crippen molar-refractivity contribution in [3.8, 4) is 11.1 Å². The Kier molecular flexibility index (Phi) is 5.02. The van der Waals surface area contributed by atoms with Crippen molar-refractivity contribution < 1.29 is 0 Å². The van der Waals surface area contributed by atoms with Gasteiger partial charge in [-0.25, -0.2) is 0 Å². The number of benzene rings is 3. The van der Waals surface area contributed by atoms with Crippen molar-refractivity contribution in [2.24, 2.45) is 10.2 Å². The van der Waals surface area contributed by atoms with E-state index in [1.165, 1.54) is 16.7 Å². The van der Waals surface area contributed by atoms with Crippen molar-refractivity contribution in [3.63, 3.8) is 0 Å². The van der Waals surface area contributed by atoms with Crippen molar-refractivity contribution in [3.05, 3.63) is 78.4 Å². The van der Waals surface area contributed by atoms with Crippen molar-refractivity contribution >= 4 is 17.1 Å². The van der Waals surface area contributed by atoms with Gasteiger partial charge in [-0.1, -0.05) is 42.0 Å². The van der Waals surface area contributed by atoms with Crippen LogP contribution in [0.4, 0.5) is 17.1 Å². The molecule has 0 saturated carbocycles. The normalized spacial score (nSPS) is 10.9. The highest BCUT2D eigenvalue weighted by Crippen LogP contribution is 2.25. The molecule has 120 valence electrons. The fourth-order valence-corrected chi connectivity index (χ4v) is 2.43. The predicted octanol–water partition coefficient (Wildman–Crippen LogP) is 6.51. The van der Waals surface area contributed by atoms with Gasteiger partial charge in [-0.15, -0.1) is 0 Å². The lowest BCUT2D eigenvalue weighted by molar-refractivity contribution is 1.21. The van der Waals surface area contributed by atoms with Crippen LogP contribution in [0.2, 0.25) is 0 Å². The first-order valence-corrected chi connectivity index (χ1v) is 8.17. The summed E-state index contributed by atoms with van der Waals surface area (Å²) in [4.78, 5) is 0. The van der Waals surface area contributed by atoms with Crippen LogP contribution in [0.15, 0.2) is 83.0 Å². The van der Waals surface area contributed by atoms with E-state index >= 15 is 0 Å². The van der Waals surface area contributed by atoms with E-state index in [1.54, 1.807) is 0 Å². The molecule has 0 aliphatic carbocycles. The summed E-state index contributed by atoms with van der Waals surface area (Å²) in [5.41, 5.74) is 6.45. The zero-order valence-electron chi connectivity index (χ0n) is 14.0. The Hall–Kier alpha value is -2.94. The molecule has 0 aliphatic heterocycles. The molecule has 0 fully saturated rings. The minimum absolute atomic E-state index is 0.851. The Bertz CT molecular complexity index is 801. The minimum Gasteiger partial charge on any atom is -0.385 e. The van der Waals surface area contributed by atoms with Crippen molar-refractivity contribution in [2.75, 3.05) is 11.9 Å². The molecule has 0 saturated heterocycles. The van der Waals surface area contributed by atoms with Crippen LogP contribution in [0.1, 0.15) is 12.5 Å². The van der Waals surface area contributed by atoms with E-state index in [1.807, 2.05) is 36.4 Å². The molecule has 0 aliphatic rings. The monoisotopic (exact) mass is 315 g/mol.